The van der Waals surface area contributed by atoms with E-state index in [1.165, 1.54) is 19.3 Å². The highest BCUT2D eigenvalue weighted by molar-refractivity contribution is 5.74. The fourth-order valence-corrected chi connectivity index (χ4v) is 2.07. The lowest BCUT2D eigenvalue weighted by Gasteiger charge is -2.30. The Balaban J connectivity index is 2.29. The van der Waals surface area contributed by atoms with Gasteiger partial charge in [0.25, 0.3) is 0 Å². The molecule has 88 valence electrons. The molecule has 0 aromatic carbocycles. The van der Waals surface area contributed by atoms with Gasteiger partial charge in [-0.05, 0) is 32.1 Å². The summed E-state index contributed by atoms with van der Waals surface area (Å²) in [7, 11) is 0. The van der Waals surface area contributed by atoms with Gasteiger partial charge in [0.1, 0.15) is 0 Å². The van der Waals surface area contributed by atoms with E-state index in [4.69, 9.17) is 0 Å². The molecule has 1 aliphatic carbocycles. The molecule has 3 nitrogen and oxygen atoms in total. The maximum atomic E-state index is 11.6. The highest BCUT2D eigenvalue weighted by Gasteiger charge is 2.22. The van der Waals surface area contributed by atoms with Crippen molar-refractivity contribution in [1.29, 1.82) is 0 Å². The third-order valence-electron chi connectivity index (χ3n) is 3.42. The first-order chi connectivity index (χ1) is 7.13. The summed E-state index contributed by atoms with van der Waals surface area (Å²) in [6.07, 6.45) is 5.92. The molecule has 2 N–H and O–H groups in total. The van der Waals surface area contributed by atoms with Gasteiger partial charge in [-0.25, -0.2) is 4.79 Å². The normalized spacial score (nSPS) is 28.2. The third kappa shape index (κ3) is 4.10. The van der Waals surface area contributed by atoms with E-state index in [2.05, 4.69) is 24.5 Å². The first-order valence-electron chi connectivity index (χ1n) is 6.20. The molecule has 1 aliphatic rings. The van der Waals surface area contributed by atoms with Gasteiger partial charge in [-0.3, -0.25) is 0 Å². The fraction of sp³-hybridized carbons (Fsp3) is 0.917. The lowest BCUT2D eigenvalue weighted by molar-refractivity contribution is 0.218. The Labute approximate surface area is 93.0 Å². The van der Waals surface area contributed by atoms with E-state index in [0.29, 0.717) is 12.0 Å². The summed E-state index contributed by atoms with van der Waals surface area (Å²) in [4.78, 5) is 11.6. The van der Waals surface area contributed by atoms with Crippen LogP contribution in [-0.4, -0.2) is 18.1 Å². The van der Waals surface area contributed by atoms with Crippen LogP contribution in [0.15, 0.2) is 0 Å². The molecule has 3 unspecified atom stereocenters. The standard InChI is InChI=1S/C12H24N2O/c1-4-10(3)13-12(15)14-11-8-6-5-7-9(11)2/h9-11H,4-8H2,1-3H3,(H2,13,14,15). The highest BCUT2D eigenvalue weighted by Crippen LogP contribution is 2.23. The third-order valence-corrected chi connectivity index (χ3v) is 3.42. The number of carbonyl (C=O) groups is 1. The summed E-state index contributed by atoms with van der Waals surface area (Å²) in [6.45, 7) is 6.34. The van der Waals surface area contributed by atoms with Gasteiger partial charge in [0.15, 0.2) is 0 Å². The smallest absolute Gasteiger partial charge is 0.315 e. The van der Waals surface area contributed by atoms with Crippen LogP contribution in [0.5, 0.6) is 0 Å². The quantitative estimate of drug-likeness (QED) is 0.742. The van der Waals surface area contributed by atoms with Crippen LogP contribution in [0.3, 0.4) is 0 Å². The van der Waals surface area contributed by atoms with E-state index in [0.717, 1.165) is 12.8 Å². The van der Waals surface area contributed by atoms with Crippen LogP contribution in [0.1, 0.15) is 52.9 Å². The molecule has 0 bridgehead atoms. The lowest BCUT2D eigenvalue weighted by atomic mass is 9.86. The molecular weight excluding hydrogens is 188 g/mol. The van der Waals surface area contributed by atoms with Crippen molar-refractivity contribution in [3.8, 4) is 0 Å². The molecule has 0 aromatic heterocycles. The van der Waals surface area contributed by atoms with Crippen LogP contribution < -0.4 is 10.6 Å². The maximum absolute atomic E-state index is 11.6. The zero-order valence-electron chi connectivity index (χ0n) is 10.2. The van der Waals surface area contributed by atoms with Crippen LogP contribution in [0, 0.1) is 5.92 Å². The minimum absolute atomic E-state index is 0.00287. The lowest BCUT2D eigenvalue weighted by Crippen LogP contribution is -2.48. The molecule has 1 rings (SSSR count). The number of hydrogen-bond donors (Lipinski definition) is 2. The zero-order chi connectivity index (χ0) is 11.3. The van der Waals surface area contributed by atoms with Gasteiger partial charge in [0.2, 0.25) is 0 Å². The van der Waals surface area contributed by atoms with Gasteiger partial charge < -0.3 is 10.6 Å². The molecule has 2 amide bonds. The van der Waals surface area contributed by atoms with Crippen molar-refractivity contribution in [2.75, 3.05) is 0 Å². The average molecular weight is 212 g/mol. The van der Waals surface area contributed by atoms with E-state index in [1.54, 1.807) is 0 Å². The van der Waals surface area contributed by atoms with Crippen molar-refractivity contribution in [1.82, 2.24) is 10.6 Å². The Morgan fingerprint density at radius 2 is 2.07 bits per heavy atom. The van der Waals surface area contributed by atoms with Crippen molar-refractivity contribution in [2.24, 2.45) is 5.92 Å². The van der Waals surface area contributed by atoms with E-state index in [9.17, 15) is 4.79 Å². The number of hydrogen-bond acceptors (Lipinski definition) is 1. The largest absolute Gasteiger partial charge is 0.336 e. The summed E-state index contributed by atoms with van der Waals surface area (Å²) in [6, 6.07) is 0.648. The minimum Gasteiger partial charge on any atom is -0.336 e. The number of urea groups is 1. The number of rotatable bonds is 3. The van der Waals surface area contributed by atoms with Crippen LogP contribution in [0.2, 0.25) is 0 Å². The van der Waals surface area contributed by atoms with Crippen molar-refractivity contribution in [3.63, 3.8) is 0 Å². The second kappa shape index (κ2) is 5.99. The monoisotopic (exact) mass is 212 g/mol. The van der Waals surface area contributed by atoms with Crippen LogP contribution in [0.25, 0.3) is 0 Å². The first kappa shape index (κ1) is 12.3. The summed E-state index contributed by atoms with van der Waals surface area (Å²) < 4.78 is 0. The van der Waals surface area contributed by atoms with Crippen molar-refractivity contribution in [3.05, 3.63) is 0 Å². The maximum Gasteiger partial charge on any atom is 0.315 e. The second-order valence-corrected chi connectivity index (χ2v) is 4.80. The van der Waals surface area contributed by atoms with Gasteiger partial charge in [0.05, 0.1) is 0 Å². The molecule has 1 fully saturated rings. The minimum atomic E-state index is 0.00287. The molecule has 15 heavy (non-hydrogen) atoms. The first-order valence-corrected chi connectivity index (χ1v) is 6.20. The molecule has 0 saturated heterocycles. The van der Waals surface area contributed by atoms with Crippen LogP contribution in [-0.2, 0) is 0 Å². The second-order valence-electron chi connectivity index (χ2n) is 4.80. The highest BCUT2D eigenvalue weighted by atomic mass is 16.2. The molecular formula is C12H24N2O. The predicted molar refractivity (Wildman–Crippen MR) is 62.8 cm³/mol. The summed E-state index contributed by atoms with van der Waals surface area (Å²) in [5, 5.41) is 6.03. The van der Waals surface area contributed by atoms with Gasteiger partial charge in [0, 0.05) is 12.1 Å². The van der Waals surface area contributed by atoms with Crippen molar-refractivity contribution in [2.45, 2.75) is 65.0 Å². The van der Waals surface area contributed by atoms with Crippen LogP contribution >= 0.6 is 0 Å². The predicted octanol–water partition coefficient (Wildman–Crippen LogP) is 2.66. The molecule has 1 saturated carbocycles. The van der Waals surface area contributed by atoms with Gasteiger partial charge >= 0.3 is 6.03 Å². The zero-order valence-corrected chi connectivity index (χ0v) is 10.2. The molecule has 0 aliphatic heterocycles. The number of nitrogens with one attached hydrogen (secondary N) is 2. The van der Waals surface area contributed by atoms with Crippen molar-refractivity contribution < 1.29 is 4.79 Å². The number of carbonyl (C=O) groups excluding carboxylic acids is 1. The van der Waals surface area contributed by atoms with E-state index >= 15 is 0 Å². The Bertz CT molecular complexity index is 206. The Morgan fingerprint density at radius 1 is 1.40 bits per heavy atom. The molecule has 0 aromatic rings. The fourth-order valence-electron chi connectivity index (χ4n) is 2.07. The summed E-state index contributed by atoms with van der Waals surface area (Å²) >= 11 is 0. The topological polar surface area (TPSA) is 41.1 Å². The summed E-state index contributed by atoms with van der Waals surface area (Å²) in [5.74, 6) is 0.626. The Kier molecular flexibility index (Phi) is 4.92. The SMILES string of the molecule is CCC(C)NC(=O)NC1CCCCC1C. The van der Waals surface area contributed by atoms with E-state index in [1.807, 2.05) is 6.92 Å². The van der Waals surface area contributed by atoms with Gasteiger partial charge in [-0.1, -0.05) is 26.7 Å². The van der Waals surface area contributed by atoms with Crippen LogP contribution in [0.4, 0.5) is 4.79 Å². The molecule has 0 spiro atoms. The van der Waals surface area contributed by atoms with Crippen molar-refractivity contribution >= 4 is 6.03 Å². The van der Waals surface area contributed by atoms with E-state index in [-0.39, 0.29) is 12.1 Å². The number of amides is 2. The molecule has 3 heteroatoms. The van der Waals surface area contributed by atoms with Gasteiger partial charge in [-0.15, -0.1) is 0 Å². The molecule has 0 radical (unpaired) electrons. The summed E-state index contributed by atoms with van der Waals surface area (Å²) in [5.41, 5.74) is 0. The average Bonchev–Trinajstić information content (AvgIpc) is 2.21. The molecule has 3 atom stereocenters. The Hall–Kier alpha value is -0.730. The van der Waals surface area contributed by atoms with Gasteiger partial charge in [-0.2, -0.15) is 0 Å². The molecule has 0 heterocycles. The van der Waals surface area contributed by atoms with E-state index < -0.39 is 0 Å². The Morgan fingerprint density at radius 3 is 2.67 bits per heavy atom.